The highest BCUT2D eigenvalue weighted by atomic mass is 16.3. The zero-order chi connectivity index (χ0) is 19.1. The van der Waals surface area contributed by atoms with E-state index in [-0.39, 0.29) is 19.1 Å². The van der Waals surface area contributed by atoms with Crippen LogP contribution in [0.25, 0.3) is 0 Å². The van der Waals surface area contributed by atoms with E-state index < -0.39 is 0 Å². The Bertz CT molecular complexity index is 669. The Hall–Kier alpha value is -1.47. The summed E-state index contributed by atoms with van der Waals surface area (Å²) in [5.41, 5.74) is 0.335. The van der Waals surface area contributed by atoms with Gasteiger partial charge in [0.15, 0.2) is 5.69 Å². The van der Waals surface area contributed by atoms with Crippen molar-refractivity contribution in [3.8, 4) is 0 Å². The molecule has 0 radical (unpaired) electrons. The van der Waals surface area contributed by atoms with E-state index >= 15 is 0 Å². The molecule has 1 aromatic rings. The van der Waals surface area contributed by atoms with Gasteiger partial charge >= 0.3 is 0 Å². The molecule has 28 heavy (non-hydrogen) atoms. The summed E-state index contributed by atoms with van der Waals surface area (Å²) in [6, 6.07) is 1.74. The smallest absolute Gasteiger partial charge is 0.273 e. The third-order valence-corrected chi connectivity index (χ3v) is 7.87. The van der Waals surface area contributed by atoms with Crippen LogP contribution < -0.4 is 10.6 Å². The zero-order valence-electron chi connectivity index (χ0n) is 16.6. The van der Waals surface area contributed by atoms with Gasteiger partial charge in [-0.1, -0.05) is 5.21 Å². The number of nitrogens with one attached hydrogen (secondary N) is 2. The molecule has 0 aliphatic heterocycles. The molecule has 5 aliphatic carbocycles. The molecular formula is C21H33N5O2. The molecule has 0 spiro atoms. The molecule has 3 N–H and O–H groups in total. The average Bonchev–Trinajstić information content (AvgIpc) is 3.19. The lowest BCUT2D eigenvalue weighted by molar-refractivity contribution is -0.0198. The van der Waals surface area contributed by atoms with Gasteiger partial charge in [0.25, 0.3) is 5.91 Å². The minimum atomic E-state index is -0.266. The summed E-state index contributed by atoms with van der Waals surface area (Å²) in [5, 5.41) is 23.7. The van der Waals surface area contributed by atoms with Gasteiger partial charge in [-0.15, -0.1) is 5.10 Å². The molecule has 4 bridgehead atoms. The Morgan fingerprint density at radius 2 is 1.75 bits per heavy atom. The fourth-order valence-corrected chi connectivity index (χ4v) is 6.80. The van der Waals surface area contributed by atoms with Gasteiger partial charge in [0.1, 0.15) is 0 Å². The molecule has 1 aromatic heterocycles. The standard InChI is InChI=1S/C21H33N5O2/c27-6-5-22-21(28)19-12-26(25-24-19)18-3-1-17(2-4-18)23-20-15-8-13-7-14(10-15)11-16(20)9-13/h12-18,20,23,27H,1-11H2,(H,22,28). The van der Waals surface area contributed by atoms with E-state index in [2.05, 4.69) is 20.9 Å². The SMILES string of the molecule is O=C(NCCO)c1cn(C2CCC(NC3C4CC5CC(C4)CC3C5)CC2)nn1. The zero-order valence-corrected chi connectivity index (χ0v) is 16.6. The van der Waals surface area contributed by atoms with Gasteiger partial charge in [-0.05, 0) is 81.5 Å². The third kappa shape index (κ3) is 3.59. The van der Waals surface area contributed by atoms with Crippen LogP contribution in [0.5, 0.6) is 0 Å². The van der Waals surface area contributed by atoms with Crippen LogP contribution in [0.3, 0.4) is 0 Å². The van der Waals surface area contributed by atoms with E-state index in [1.165, 1.54) is 44.9 Å². The molecule has 0 aromatic carbocycles. The molecule has 1 amide bonds. The molecule has 5 fully saturated rings. The summed E-state index contributed by atoms with van der Waals surface area (Å²) in [7, 11) is 0. The maximum Gasteiger partial charge on any atom is 0.273 e. The van der Waals surface area contributed by atoms with Crippen molar-refractivity contribution in [1.29, 1.82) is 0 Å². The molecule has 6 rings (SSSR count). The van der Waals surface area contributed by atoms with Crippen LogP contribution >= 0.6 is 0 Å². The fraction of sp³-hybridized carbons (Fsp3) is 0.857. The second kappa shape index (κ2) is 7.75. The normalized spacial score (nSPS) is 39.2. The minimum absolute atomic E-state index is 0.0685. The lowest BCUT2D eigenvalue weighted by Crippen LogP contribution is -2.57. The number of hydrogen-bond acceptors (Lipinski definition) is 5. The summed E-state index contributed by atoms with van der Waals surface area (Å²) in [4.78, 5) is 11.9. The van der Waals surface area contributed by atoms with Crippen molar-refractivity contribution in [3.63, 3.8) is 0 Å². The van der Waals surface area contributed by atoms with Crippen LogP contribution in [0, 0.1) is 23.7 Å². The fourth-order valence-electron chi connectivity index (χ4n) is 6.80. The number of amides is 1. The van der Waals surface area contributed by atoms with E-state index in [0.29, 0.717) is 17.8 Å². The second-order valence-electron chi connectivity index (χ2n) is 9.69. The number of nitrogens with zero attached hydrogens (tertiary/aromatic N) is 3. The summed E-state index contributed by atoms with van der Waals surface area (Å²) in [6.07, 6.45) is 13.7. The van der Waals surface area contributed by atoms with Crippen molar-refractivity contribution in [2.75, 3.05) is 13.2 Å². The molecule has 5 aliphatic rings. The average molecular weight is 388 g/mol. The maximum atomic E-state index is 11.9. The number of hydrogen-bond donors (Lipinski definition) is 3. The summed E-state index contributed by atoms with van der Waals surface area (Å²) in [6.45, 7) is 0.175. The Balaban J connectivity index is 1.13. The van der Waals surface area contributed by atoms with Gasteiger partial charge in [-0.2, -0.15) is 0 Å². The van der Waals surface area contributed by atoms with E-state index in [1.807, 2.05) is 4.68 Å². The molecular weight excluding hydrogens is 354 g/mol. The van der Waals surface area contributed by atoms with Crippen molar-refractivity contribution in [2.24, 2.45) is 23.7 Å². The molecule has 7 nitrogen and oxygen atoms in total. The van der Waals surface area contributed by atoms with Crippen LogP contribution in [-0.2, 0) is 0 Å². The first kappa shape index (κ1) is 18.6. The largest absolute Gasteiger partial charge is 0.395 e. The Morgan fingerprint density at radius 3 is 2.39 bits per heavy atom. The van der Waals surface area contributed by atoms with E-state index in [9.17, 15) is 4.79 Å². The van der Waals surface area contributed by atoms with Crippen LogP contribution in [0.1, 0.15) is 74.3 Å². The van der Waals surface area contributed by atoms with Crippen molar-refractivity contribution in [1.82, 2.24) is 25.6 Å². The van der Waals surface area contributed by atoms with Crippen molar-refractivity contribution < 1.29 is 9.90 Å². The van der Waals surface area contributed by atoms with Crippen molar-refractivity contribution >= 4 is 5.91 Å². The number of carbonyl (C=O) groups is 1. The highest BCUT2D eigenvalue weighted by molar-refractivity contribution is 5.91. The molecule has 5 saturated carbocycles. The predicted molar refractivity (Wildman–Crippen MR) is 105 cm³/mol. The van der Waals surface area contributed by atoms with Gasteiger partial charge in [0.2, 0.25) is 0 Å². The number of aliphatic hydroxyl groups excluding tert-OH is 1. The Kier molecular flexibility index (Phi) is 5.13. The van der Waals surface area contributed by atoms with E-state index in [0.717, 1.165) is 42.6 Å². The first-order valence-electron chi connectivity index (χ1n) is 11.3. The van der Waals surface area contributed by atoms with E-state index in [4.69, 9.17) is 5.11 Å². The first-order valence-corrected chi connectivity index (χ1v) is 11.3. The van der Waals surface area contributed by atoms with Gasteiger partial charge in [-0.25, -0.2) is 4.68 Å². The molecule has 154 valence electrons. The number of aliphatic hydroxyl groups is 1. The lowest BCUT2D eigenvalue weighted by atomic mass is 9.54. The molecule has 1 heterocycles. The maximum absolute atomic E-state index is 11.9. The van der Waals surface area contributed by atoms with Crippen LogP contribution in [0.4, 0.5) is 0 Å². The summed E-state index contributed by atoms with van der Waals surface area (Å²) < 4.78 is 1.87. The predicted octanol–water partition coefficient (Wildman–Crippen LogP) is 1.90. The topological polar surface area (TPSA) is 92.1 Å². The highest BCUT2D eigenvalue weighted by Gasteiger charge is 2.48. The third-order valence-electron chi connectivity index (χ3n) is 7.87. The Labute approximate surface area is 166 Å². The Morgan fingerprint density at radius 1 is 1.07 bits per heavy atom. The van der Waals surface area contributed by atoms with Gasteiger partial charge < -0.3 is 15.7 Å². The molecule has 0 saturated heterocycles. The number of aromatic nitrogens is 3. The van der Waals surface area contributed by atoms with Crippen molar-refractivity contribution in [2.45, 2.75) is 75.9 Å². The van der Waals surface area contributed by atoms with Crippen LogP contribution in [0.15, 0.2) is 6.20 Å². The van der Waals surface area contributed by atoms with E-state index in [1.54, 1.807) is 6.20 Å². The first-order chi connectivity index (χ1) is 13.7. The molecule has 0 unspecified atom stereocenters. The summed E-state index contributed by atoms with van der Waals surface area (Å²) >= 11 is 0. The monoisotopic (exact) mass is 387 g/mol. The van der Waals surface area contributed by atoms with Gasteiger partial charge in [0.05, 0.1) is 18.8 Å². The number of carbonyl (C=O) groups excluding carboxylic acids is 1. The quantitative estimate of drug-likeness (QED) is 0.693. The summed E-state index contributed by atoms with van der Waals surface area (Å²) in [5.74, 6) is 3.67. The molecule has 0 atom stereocenters. The van der Waals surface area contributed by atoms with Gasteiger partial charge in [-0.3, -0.25) is 4.79 Å². The highest BCUT2D eigenvalue weighted by Crippen LogP contribution is 2.54. The lowest BCUT2D eigenvalue weighted by Gasteiger charge is -2.55. The minimum Gasteiger partial charge on any atom is -0.395 e. The second-order valence-corrected chi connectivity index (χ2v) is 9.69. The molecule has 7 heteroatoms. The number of rotatable bonds is 6. The van der Waals surface area contributed by atoms with Crippen LogP contribution in [-0.4, -0.2) is 51.2 Å². The van der Waals surface area contributed by atoms with Crippen LogP contribution in [0.2, 0.25) is 0 Å². The van der Waals surface area contributed by atoms with Gasteiger partial charge in [0, 0.05) is 18.6 Å². The van der Waals surface area contributed by atoms with Crippen molar-refractivity contribution in [3.05, 3.63) is 11.9 Å².